The van der Waals surface area contributed by atoms with Crippen molar-refractivity contribution in [2.24, 2.45) is 12.0 Å². The van der Waals surface area contributed by atoms with Crippen LogP contribution in [-0.4, -0.2) is 76.8 Å². The minimum Gasteiger partial charge on any atom is -0.374 e. The summed E-state index contributed by atoms with van der Waals surface area (Å²) in [5.41, 5.74) is -3.14. The summed E-state index contributed by atoms with van der Waals surface area (Å²) >= 11 is 0. The molecule has 0 spiro atoms. The summed E-state index contributed by atoms with van der Waals surface area (Å²) in [6, 6.07) is 0. The molecule has 0 aliphatic carbocycles. The molecule has 174 valence electrons. The first-order valence-electron chi connectivity index (χ1n) is 9.27. The molecule has 0 bridgehead atoms. The fourth-order valence-corrected chi connectivity index (χ4v) is 4.58. The molecule has 2 rings (SSSR count). The highest BCUT2D eigenvalue weighted by Gasteiger charge is 2.57. The van der Waals surface area contributed by atoms with Crippen molar-refractivity contribution in [2.45, 2.75) is 43.7 Å². The largest absolute Gasteiger partial charge is 0.424 e. The van der Waals surface area contributed by atoms with Crippen LogP contribution in [-0.2, 0) is 22.5 Å². The minimum atomic E-state index is -4.93. The van der Waals surface area contributed by atoms with Gasteiger partial charge in [-0.25, -0.2) is 13.4 Å². The second-order valence-electron chi connectivity index (χ2n) is 7.71. The Kier molecular flexibility index (Phi) is 8.61. The summed E-state index contributed by atoms with van der Waals surface area (Å²) in [6.45, 7) is 5.54. The SMILES string of the molecule is CCNC(=NCCC(O)(c1nccn1C)C(F)(F)F)N1CCS(=O)(=O)C(C)(C)C1.I. The first-order valence-corrected chi connectivity index (χ1v) is 10.9. The Morgan fingerprint density at radius 3 is 2.50 bits per heavy atom. The van der Waals surface area contributed by atoms with Crippen molar-refractivity contribution in [3.05, 3.63) is 18.2 Å². The van der Waals surface area contributed by atoms with E-state index in [4.69, 9.17) is 0 Å². The summed E-state index contributed by atoms with van der Waals surface area (Å²) in [6.07, 6.45) is -3.13. The van der Waals surface area contributed by atoms with E-state index in [1.54, 1.807) is 25.7 Å². The van der Waals surface area contributed by atoms with E-state index in [9.17, 15) is 26.7 Å². The number of alkyl halides is 3. The molecule has 13 heteroatoms. The van der Waals surface area contributed by atoms with Crippen LogP contribution in [0, 0.1) is 0 Å². The first-order chi connectivity index (χ1) is 13.2. The molecular weight excluding hydrogens is 538 g/mol. The number of aliphatic hydroxyl groups is 1. The molecule has 1 aromatic rings. The van der Waals surface area contributed by atoms with Crippen LogP contribution in [0.4, 0.5) is 13.2 Å². The molecule has 0 aromatic carbocycles. The lowest BCUT2D eigenvalue weighted by Crippen LogP contribution is -2.57. The Morgan fingerprint density at radius 1 is 1.40 bits per heavy atom. The van der Waals surface area contributed by atoms with Gasteiger partial charge < -0.3 is 19.9 Å². The molecule has 1 unspecified atom stereocenters. The first kappa shape index (κ1) is 26.9. The zero-order valence-electron chi connectivity index (χ0n) is 17.4. The average Bonchev–Trinajstić information content (AvgIpc) is 3.02. The highest BCUT2D eigenvalue weighted by molar-refractivity contribution is 14.0. The van der Waals surface area contributed by atoms with E-state index in [0.29, 0.717) is 12.5 Å². The van der Waals surface area contributed by atoms with Crippen molar-refractivity contribution < 1.29 is 26.7 Å². The van der Waals surface area contributed by atoms with E-state index in [-0.39, 0.29) is 49.4 Å². The topological polar surface area (TPSA) is 99.8 Å². The number of hydrogen-bond donors (Lipinski definition) is 2. The zero-order chi connectivity index (χ0) is 22.1. The number of aliphatic imine (C=N–C) groups is 1. The molecule has 1 aromatic heterocycles. The highest BCUT2D eigenvalue weighted by atomic mass is 127. The Bertz CT molecular complexity index is 857. The predicted octanol–water partition coefficient (Wildman–Crippen LogP) is 1.65. The molecule has 2 heterocycles. The van der Waals surface area contributed by atoms with E-state index in [1.807, 2.05) is 0 Å². The van der Waals surface area contributed by atoms with Crippen molar-refractivity contribution >= 4 is 39.8 Å². The third-order valence-electron chi connectivity index (χ3n) is 5.07. The summed E-state index contributed by atoms with van der Waals surface area (Å²) in [4.78, 5) is 9.61. The minimum absolute atomic E-state index is 0. The van der Waals surface area contributed by atoms with E-state index in [0.717, 1.165) is 4.57 Å². The third-order valence-corrected chi connectivity index (χ3v) is 7.61. The van der Waals surface area contributed by atoms with Gasteiger partial charge in [-0.15, -0.1) is 24.0 Å². The van der Waals surface area contributed by atoms with Gasteiger partial charge in [0.15, 0.2) is 15.8 Å². The molecule has 1 saturated heterocycles. The van der Waals surface area contributed by atoms with Crippen LogP contribution in [0.1, 0.15) is 33.0 Å². The molecule has 30 heavy (non-hydrogen) atoms. The second-order valence-corrected chi connectivity index (χ2v) is 10.4. The lowest BCUT2D eigenvalue weighted by Gasteiger charge is -2.39. The molecule has 8 nitrogen and oxygen atoms in total. The summed E-state index contributed by atoms with van der Waals surface area (Å²) in [5, 5.41) is 13.4. The van der Waals surface area contributed by atoms with Gasteiger partial charge in [0, 0.05) is 52.0 Å². The van der Waals surface area contributed by atoms with Crippen molar-refractivity contribution in [2.75, 3.05) is 31.9 Å². The Labute approximate surface area is 191 Å². The molecule has 0 radical (unpaired) electrons. The lowest BCUT2D eigenvalue weighted by molar-refractivity contribution is -0.272. The molecular formula is C17H29F3IN5O3S. The van der Waals surface area contributed by atoms with Gasteiger partial charge in [-0.1, -0.05) is 0 Å². The Hall–Kier alpha value is -1.09. The van der Waals surface area contributed by atoms with Crippen LogP contribution in [0.25, 0.3) is 0 Å². The van der Waals surface area contributed by atoms with Crippen molar-refractivity contribution in [1.82, 2.24) is 19.8 Å². The third kappa shape index (κ3) is 5.39. The quantitative estimate of drug-likeness (QED) is 0.319. The summed E-state index contributed by atoms with van der Waals surface area (Å²) in [7, 11) is -1.89. The highest BCUT2D eigenvalue weighted by Crippen LogP contribution is 2.40. The number of halogens is 4. The number of aromatic nitrogens is 2. The van der Waals surface area contributed by atoms with Crippen LogP contribution < -0.4 is 5.32 Å². The normalized spacial score (nSPS) is 20.9. The van der Waals surface area contributed by atoms with Gasteiger partial charge in [-0.3, -0.25) is 4.99 Å². The fraction of sp³-hybridized carbons (Fsp3) is 0.765. The van der Waals surface area contributed by atoms with Gasteiger partial charge >= 0.3 is 6.18 Å². The van der Waals surface area contributed by atoms with Gasteiger partial charge in [-0.2, -0.15) is 13.2 Å². The lowest BCUT2D eigenvalue weighted by atomic mass is 9.98. The van der Waals surface area contributed by atoms with Crippen LogP contribution in [0.5, 0.6) is 0 Å². The van der Waals surface area contributed by atoms with Crippen LogP contribution >= 0.6 is 24.0 Å². The summed E-state index contributed by atoms with van der Waals surface area (Å²) in [5.74, 6) is -0.250. The van der Waals surface area contributed by atoms with Crippen molar-refractivity contribution in [1.29, 1.82) is 0 Å². The van der Waals surface area contributed by atoms with Gasteiger partial charge in [0.25, 0.3) is 0 Å². The maximum atomic E-state index is 13.6. The number of hydrogen-bond acceptors (Lipinski definition) is 5. The standard InChI is InChI=1S/C17H28F3N5O3S.HI/c1-5-21-14(25-10-11-29(27,28)15(2,3)12-25)23-7-6-16(26,17(18,19)20)13-22-8-9-24(13)4;/h8-9,26H,5-7,10-12H2,1-4H3,(H,21,23);1H. The smallest absolute Gasteiger partial charge is 0.374 e. The van der Waals surface area contributed by atoms with Crippen LogP contribution in [0.15, 0.2) is 17.4 Å². The molecule has 1 aliphatic rings. The average molecular weight is 567 g/mol. The summed E-state index contributed by atoms with van der Waals surface area (Å²) < 4.78 is 65.4. The van der Waals surface area contributed by atoms with Crippen molar-refractivity contribution in [3.8, 4) is 0 Å². The molecule has 0 amide bonds. The molecule has 2 N–H and O–H groups in total. The fourth-order valence-electron chi connectivity index (χ4n) is 3.22. The number of aryl methyl sites for hydroxylation is 1. The zero-order valence-corrected chi connectivity index (χ0v) is 20.5. The van der Waals surface area contributed by atoms with Gasteiger partial charge in [0.05, 0.1) is 10.5 Å². The number of imidazole rings is 1. The van der Waals surface area contributed by atoms with Crippen LogP contribution in [0.2, 0.25) is 0 Å². The Morgan fingerprint density at radius 2 is 2.03 bits per heavy atom. The molecule has 1 aliphatic heterocycles. The number of rotatable bonds is 5. The number of sulfone groups is 1. The number of nitrogens with one attached hydrogen (secondary N) is 1. The monoisotopic (exact) mass is 567 g/mol. The molecule has 1 atom stereocenters. The Balaban J connectivity index is 0.00000450. The van der Waals surface area contributed by atoms with Gasteiger partial charge in [-0.05, 0) is 20.8 Å². The second kappa shape index (κ2) is 9.59. The molecule has 1 fully saturated rings. The van der Waals surface area contributed by atoms with Gasteiger partial charge in [0.2, 0.25) is 5.60 Å². The number of nitrogens with zero attached hydrogens (tertiary/aromatic N) is 4. The molecule has 0 saturated carbocycles. The van der Waals surface area contributed by atoms with E-state index < -0.39 is 38.6 Å². The predicted molar refractivity (Wildman–Crippen MR) is 119 cm³/mol. The maximum Gasteiger partial charge on any atom is 0.424 e. The van der Waals surface area contributed by atoms with Gasteiger partial charge in [0.1, 0.15) is 5.82 Å². The van der Waals surface area contributed by atoms with E-state index >= 15 is 0 Å². The van der Waals surface area contributed by atoms with E-state index in [1.165, 1.54) is 19.4 Å². The van der Waals surface area contributed by atoms with Crippen LogP contribution in [0.3, 0.4) is 0 Å². The number of guanidine groups is 1. The van der Waals surface area contributed by atoms with E-state index in [2.05, 4.69) is 15.3 Å². The van der Waals surface area contributed by atoms with Crippen molar-refractivity contribution in [3.63, 3.8) is 0 Å². The maximum absolute atomic E-state index is 13.6.